The summed E-state index contributed by atoms with van der Waals surface area (Å²) in [6, 6.07) is 10.2. The highest BCUT2D eigenvalue weighted by atomic mass is 32.2. The number of anilines is 1. The van der Waals surface area contributed by atoms with Gasteiger partial charge in [0, 0.05) is 59.7 Å². The van der Waals surface area contributed by atoms with Gasteiger partial charge < -0.3 is 20.1 Å². The van der Waals surface area contributed by atoms with Crippen molar-refractivity contribution in [1.82, 2.24) is 4.90 Å². The first kappa shape index (κ1) is 26.5. The van der Waals surface area contributed by atoms with Crippen molar-refractivity contribution in [2.24, 2.45) is 5.73 Å². The third-order valence-electron chi connectivity index (χ3n) is 6.12. The molecule has 1 fully saturated rings. The van der Waals surface area contributed by atoms with Crippen molar-refractivity contribution in [3.8, 4) is 0 Å². The van der Waals surface area contributed by atoms with Crippen LogP contribution in [0.4, 0.5) is 18.9 Å². The Morgan fingerprint density at radius 2 is 1.86 bits per heavy atom. The molecule has 0 radical (unpaired) electrons. The highest BCUT2D eigenvalue weighted by molar-refractivity contribution is 7.91. The van der Waals surface area contributed by atoms with Crippen molar-refractivity contribution in [2.75, 3.05) is 24.5 Å². The molecular formula is C26H24F3N3O4S. The third-order valence-corrected chi connectivity index (χ3v) is 7.58. The number of benzene rings is 2. The van der Waals surface area contributed by atoms with Crippen molar-refractivity contribution in [3.05, 3.63) is 77.5 Å². The first-order chi connectivity index (χ1) is 17.5. The zero-order chi connectivity index (χ0) is 26.7. The molecule has 2 amide bonds. The molecule has 0 aromatic heterocycles. The van der Waals surface area contributed by atoms with Crippen molar-refractivity contribution in [1.29, 1.82) is 0 Å². The van der Waals surface area contributed by atoms with Crippen LogP contribution in [-0.2, 0) is 38.2 Å². The van der Waals surface area contributed by atoms with Gasteiger partial charge in [-0.3, -0.25) is 14.4 Å². The van der Waals surface area contributed by atoms with Gasteiger partial charge in [0.2, 0.25) is 11.8 Å². The molecule has 11 heteroatoms. The first-order valence-corrected chi connectivity index (χ1v) is 12.6. The molecule has 2 N–H and O–H groups in total. The zero-order valence-electron chi connectivity index (χ0n) is 19.7. The molecule has 0 spiro atoms. The molecule has 2 aliphatic rings. The fourth-order valence-corrected chi connectivity index (χ4v) is 5.59. The molecule has 2 aliphatic heterocycles. The van der Waals surface area contributed by atoms with E-state index in [4.69, 9.17) is 5.73 Å². The largest absolute Gasteiger partial charge is 0.606 e. The van der Waals surface area contributed by atoms with E-state index in [-0.39, 0.29) is 40.0 Å². The van der Waals surface area contributed by atoms with E-state index in [9.17, 15) is 32.1 Å². The van der Waals surface area contributed by atoms with Crippen LogP contribution >= 0.6 is 0 Å². The Morgan fingerprint density at radius 1 is 1.14 bits per heavy atom. The van der Waals surface area contributed by atoms with Gasteiger partial charge in [0.05, 0.1) is 18.7 Å². The number of likely N-dealkylation sites (tertiary alicyclic amines) is 1. The molecular weight excluding hydrogens is 507 g/mol. The molecule has 7 nitrogen and oxygen atoms in total. The Kier molecular flexibility index (Phi) is 7.74. The van der Waals surface area contributed by atoms with Gasteiger partial charge in [-0.2, -0.15) is 13.2 Å². The molecule has 0 bridgehead atoms. The van der Waals surface area contributed by atoms with Gasteiger partial charge in [-0.15, -0.1) is 0 Å². The number of carbonyl (C=O) groups is 3. The topological polar surface area (TPSA) is 107 Å². The van der Waals surface area contributed by atoms with E-state index in [0.29, 0.717) is 19.4 Å². The average Bonchev–Trinajstić information content (AvgIpc) is 3.27. The fourth-order valence-electron chi connectivity index (χ4n) is 4.29. The maximum absolute atomic E-state index is 14.4. The molecule has 4 rings (SSSR count). The summed E-state index contributed by atoms with van der Waals surface area (Å²) in [7, 11) is 0. The summed E-state index contributed by atoms with van der Waals surface area (Å²) in [6.45, 7) is -0.0116. The number of nitrogens with two attached hydrogens (primary N) is 1. The van der Waals surface area contributed by atoms with Crippen molar-refractivity contribution < 1.29 is 32.1 Å². The summed E-state index contributed by atoms with van der Waals surface area (Å²) in [6.07, 6.45) is -0.190. The Labute approximate surface area is 214 Å². The summed E-state index contributed by atoms with van der Waals surface area (Å²) in [5.74, 6) is -1.52. The number of ketones is 1. The number of Topliss-reactive ketones (excluding diaryl/α,β-unsaturated/α-hetero) is 1. The van der Waals surface area contributed by atoms with Gasteiger partial charge in [-0.1, -0.05) is 24.3 Å². The van der Waals surface area contributed by atoms with Crippen LogP contribution in [0.15, 0.2) is 76.2 Å². The summed E-state index contributed by atoms with van der Waals surface area (Å²) in [4.78, 5) is 39.3. The molecule has 1 saturated heterocycles. The lowest BCUT2D eigenvalue weighted by Crippen LogP contribution is -2.32. The van der Waals surface area contributed by atoms with Crippen LogP contribution in [0.25, 0.3) is 0 Å². The summed E-state index contributed by atoms with van der Waals surface area (Å²) >= 11 is -2.05. The lowest BCUT2D eigenvalue weighted by atomic mass is 9.99. The maximum atomic E-state index is 14.4. The number of carbonyl (C=O) groups excluding carboxylic acids is 3. The van der Waals surface area contributed by atoms with Crippen LogP contribution in [0.5, 0.6) is 0 Å². The van der Waals surface area contributed by atoms with Crippen LogP contribution in [0, 0.1) is 0 Å². The fraction of sp³-hybridized carbons (Fsp3) is 0.269. The Morgan fingerprint density at radius 3 is 2.49 bits per heavy atom. The maximum Gasteiger partial charge on any atom is 0.416 e. The second kappa shape index (κ2) is 10.8. The number of halogens is 3. The number of hydrogen-bond donors (Lipinski definition) is 1. The summed E-state index contributed by atoms with van der Waals surface area (Å²) in [5, 5.41) is 0. The molecule has 2 heterocycles. The normalized spacial score (nSPS) is 16.6. The molecule has 194 valence electrons. The van der Waals surface area contributed by atoms with Gasteiger partial charge in [0.25, 0.3) is 0 Å². The first-order valence-electron chi connectivity index (χ1n) is 11.5. The van der Waals surface area contributed by atoms with Gasteiger partial charge in [0.15, 0.2) is 15.6 Å². The second-order valence-electron chi connectivity index (χ2n) is 8.71. The number of amides is 2. The standard InChI is InChI=1S/C26H24F3N3O4S/c27-26(28,29)22-12-18(31-10-4-6-17(15-31)25(30)35)13-23(37(36)20-7-2-1-3-8-20)21(22)14-19(33)16-32-11-5-9-24(32)34/h1-4,6-8,10,12-13H,5,9,11,14-16H2,(H2,30,35). The van der Waals surface area contributed by atoms with E-state index in [2.05, 4.69) is 0 Å². The number of allylic oxidation sites excluding steroid dienone is 2. The SMILES string of the molecule is NC(=O)C1=CC=CN(c2cc([S+]([O-])c3ccccc3)c(CC(=O)CN3CCCC3=O)c(C(F)(F)F)c2)C1. The zero-order valence-corrected chi connectivity index (χ0v) is 20.5. The average molecular weight is 532 g/mol. The van der Waals surface area contributed by atoms with Crippen LogP contribution in [0.1, 0.15) is 24.0 Å². The lowest BCUT2D eigenvalue weighted by molar-refractivity contribution is -0.138. The summed E-state index contributed by atoms with van der Waals surface area (Å²) in [5.41, 5.74) is 4.08. The van der Waals surface area contributed by atoms with Gasteiger partial charge in [-0.05, 0) is 30.7 Å². The highest BCUT2D eigenvalue weighted by Gasteiger charge is 2.39. The predicted octanol–water partition coefficient (Wildman–Crippen LogP) is 3.35. The predicted molar refractivity (Wildman–Crippen MR) is 131 cm³/mol. The molecule has 1 atom stereocenters. The number of alkyl halides is 3. The molecule has 2 aromatic rings. The lowest BCUT2D eigenvalue weighted by Gasteiger charge is -2.27. The minimum absolute atomic E-state index is 0.0422. The van der Waals surface area contributed by atoms with E-state index < -0.39 is 46.6 Å². The number of hydrogen-bond acceptors (Lipinski definition) is 5. The third kappa shape index (κ3) is 6.05. The van der Waals surface area contributed by atoms with E-state index in [1.807, 2.05) is 0 Å². The Balaban J connectivity index is 1.80. The van der Waals surface area contributed by atoms with Crippen LogP contribution < -0.4 is 10.6 Å². The Hall–Kier alpha value is -3.57. The number of rotatable bonds is 8. The van der Waals surface area contributed by atoms with Crippen LogP contribution in [-0.4, -0.2) is 46.7 Å². The van der Waals surface area contributed by atoms with Crippen LogP contribution in [0.2, 0.25) is 0 Å². The minimum Gasteiger partial charge on any atom is -0.606 e. The quantitative estimate of drug-likeness (QED) is 0.526. The monoisotopic (exact) mass is 531 g/mol. The molecule has 0 saturated carbocycles. The minimum atomic E-state index is -4.87. The van der Waals surface area contributed by atoms with Crippen molar-refractivity contribution in [3.63, 3.8) is 0 Å². The van der Waals surface area contributed by atoms with Gasteiger partial charge in [0.1, 0.15) is 0 Å². The van der Waals surface area contributed by atoms with E-state index in [1.54, 1.807) is 18.2 Å². The van der Waals surface area contributed by atoms with E-state index in [0.717, 1.165) is 6.07 Å². The molecule has 37 heavy (non-hydrogen) atoms. The smallest absolute Gasteiger partial charge is 0.416 e. The van der Waals surface area contributed by atoms with Gasteiger partial charge >= 0.3 is 6.18 Å². The highest BCUT2D eigenvalue weighted by Crippen LogP contribution is 2.40. The van der Waals surface area contributed by atoms with Crippen LogP contribution in [0.3, 0.4) is 0 Å². The summed E-state index contributed by atoms with van der Waals surface area (Å²) < 4.78 is 56.7. The van der Waals surface area contributed by atoms with E-state index in [1.165, 1.54) is 46.4 Å². The molecule has 0 aliphatic carbocycles. The molecule has 2 aromatic carbocycles. The number of nitrogens with zero attached hydrogens (tertiary/aromatic N) is 2. The van der Waals surface area contributed by atoms with Crippen molar-refractivity contribution in [2.45, 2.75) is 35.2 Å². The number of primary amides is 1. The van der Waals surface area contributed by atoms with E-state index >= 15 is 0 Å². The molecule has 1 unspecified atom stereocenters. The Bertz CT molecular complexity index is 1280. The van der Waals surface area contributed by atoms with Gasteiger partial charge in [-0.25, -0.2) is 0 Å². The second-order valence-corrected chi connectivity index (χ2v) is 10.2. The van der Waals surface area contributed by atoms with Crippen molar-refractivity contribution >= 4 is 34.5 Å².